The second kappa shape index (κ2) is 5.49. The topological polar surface area (TPSA) is 99.5 Å². The van der Waals surface area contributed by atoms with Gasteiger partial charge in [-0.1, -0.05) is 13.8 Å². The summed E-state index contributed by atoms with van der Waals surface area (Å²) in [4.78, 5) is 27.2. The molecule has 3 atom stereocenters. The molecule has 0 unspecified atom stereocenters. The molecule has 20 heavy (non-hydrogen) atoms. The molecule has 6 nitrogen and oxygen atoms in total. The highest BCUT2D eigenvalue weighted by Gasteiger charge is 2.53. The zero-order chi connectivity index (χ0) is 14.9. The van der Waals surface area contributed by atoms with E-state index in [0.29, 0.717) is 12.1 Å². The Balaban J connectivity index is 2.35. The first-order chi connectivity index (χ1) is 9.35. The number of aromatic nitrogens is 1. The molecule has 2 rings (SSSR count). The number of nitrogens with one attached hydrogen (secondary N) is 1. The molecule has 0 saturated carbocycles. The van der Waals surface area contributed by atoms with Crippen molar-refractivity contribution in [3.8, 4) is 0 Å². The molecular weight excluding hydrogens is 280 g/mol. The third kappa shape index (κ3) is 2.69. The summed E-state index contributed by atoms with van der Waals surface area (Å²) in [6.45, 7) is 3.86. The van der Waals surface area contributed by atoms with Gasteiger partial charge in [-0.2, -0.15) is 0 Å². The van der Waals surface area contributed by atoms with Crippen molar-refractivity contribution in [3.05, 3.63) is 16.6 Å². The zero-order valence-electron chi connectivity index (χ0n) is 11.4. The van der Waals surface area contributed by atoms with Crippen LogP contribution in [0.15, 0.2) is 10.9 Å². The lowest BCUT2D eigenvalue weighted by Crippen LogP contribution is -2.49. The number of nitrogens with zero attached hydrogens (tertiary/aromatic N) is 1. The number of carboxylic acid groups (broad SMARTS) is 2. The van der Waals surface area contributed by atoms with E-state index in [1.165, 1.54) is 11.3 Å². The number of hydrogen-bond donors (Lipinski definition) is 3. The van der Waals surface area contributed by atoms with Crippen LogP contribution in [0.3, 0.4) is 0 Å². The van der Waals surface area contributed by atoms with Crippen LogP contribution in [0.1, 0.15) is 38.4 Å². The molecule has 1 aromatic rings. The van der Waals surface area contributed by atoms with Crippen molar-refractivity contribution in [1.29, 1.82) is 0 Å². The lowest BCUT2D eigenvalue weighted by Gasteiger charge is -2.27. The second-order valence-electron chi connectivity index (χ2n) is 5.67. The Morgan fingerprint density at radius 3 is 2.70 bits per heavy atom. The Hall–Kier alpha value is -1.47. The van der Waals surface area contributed by atoms with Crippen LogP contribution < -0.4 is 5.32 Å². The predicted octanol–water partition coefficient (Wildman–Crippen LogP) is 1.75. The quantitative estimate of drug-likeness (QED) is 0.766. The molecule has 0 spiro atoms. The highest BCUT2D eigenvalue weighted by atomic mass is 32.1. The van der Waals surface area contributed by atoms with Crippen molar-refractivity contribution in [2.75, 3.05) is 0 Å². The van der Waals surface area contributed by atoms with Crippen molar-refractivity contribution in [2.24, 2.45) is 11.8 Å². The van der Waals surface area contributed by atoms with Gasteiger partial charge in [-0.25, -0.2) is 4.98 Å². The molecule has 1 aromatic heterocycles. The van der Waals surface area contributed by atoms with E-state index in [9.17, 15) is 19.8 Å². The molecule has 1 aliphatic rings. The summed E-state index contributed by atoms with van der Waals surface area (Å²) in [5.74, 6) is -2.59. The van der Waals surface area contributed by atoms with E-state index < -0.39 is 29.4 Å². The van der Waals surface area contributed by atoms with Crippen LogP contribution in [-0.2, 0) is 9.59 Å². The molecule has 0 amide bonds. The number of rotatable bonds is 5. The van der Waals surface area contributed by atoms with Crippen molar-refractivity contribution in [3.63, 3.8) is 0 Å². The minimum Gasteiger partial charge on any atom is -0.481 e. The van der Waals surface area contributed by atoms with Gasteiger partial charge >= 0.3 is 11.9 Å². The van der Waals surface area contributed by atoms with Gasteiger partial charge in [0.05, 0.1) is 23.2 Å². The number of carboxylic acids is 2. The first-order valence-electron chi connectivity index (χ1n) is 6.48. The summed E-state index contributed by atoms with van der Waals surface area (Å²) in [6.07, 6.45) is 0.477. The fourth-order valence-electron chi connectivity index (χ4n) is 2.91. The van der Waals surface area contributed by atoms with Gasteiger partial charge in [0, 0.05) is 5.38 Å². The lowest BCUT2D eigenvalue weighted by molar-refractivity contribution is -0.145. The lowest BCUT2D eigenvalue weighted by atomic mass is 9.84. The Morgan fingerprint density at radius 2 is 2.25 bits per heavy atom. The zero-order valence-corrected chi connectivity index (χ0v) is 12.2. The first kappa shape index (κ1) is 14.9. The summed E-state index contributed by atoms with van der Waals surface area (Å²) in [5, 5.41) is 23.7. The van der Waals surface area contributed by atoms with Crippen molar-refractivity contribution in [1.82, 2.24) is 10.3 Å². The Labute approximate surface area is 120 Å². The molecule has 1 saturated heterocycles. The smallest absolute Gasteiger partial charge is 0.323 e. The second-order valence-corrected chi connectivity index (χ2v) is 6.39. The van der Waals surface area contributed by atoms with Crippen molar-refractivity contribution < 1.29 is 19.8 Å². The Bertz CT molecular complexity index is 502. The molecular formula is C13H18N2O4S. The normalized spacial score (nSPS) is 29.8. The average Bonchev–Trinajstić information content (AvgIpc) is 2.94. The predicted molar refractivity (Wildman–Crippen MR) is 73.6 cm³/mol. The van der Waals surface area contributed by atoms with E-state index in [4.69, 9.17) is 0 Å². The highest BCUT2D eigenvalue weighted by molar-refractivity contribution is 7.07. The van der Waals surface area contributed by atoms with Gasteiger partial charge in [0.1, 0.15) is 5.54 Å². The maximum absolute atomic E-state index is 11.7. The number of carbonyl (C=O) groups is 2. The summed E-state index contributed by atoms with van der Waals surface area (Å²) in [6, 6.07) is -0.548. The van der Waals surface area contributed by atoms with Gasteiger partial charge in [-0.05, 0) is 18.8 Å². The van der Waals surface area contributed by atoms with Crippen LogP contribution in [-0.4, -0.2) is 32.7 Å². The van der Waals surface area contributed by atoms with Crippen molar-refractivity contribution >= 4 is 23.3 Å². The maximum Gasteiger partial charge on any atom is 0.323 e. The molecule has 3 N–H and O–H groups in total. The van der Waals surface area contributed by atoms with E-state index >= 15 is 0 Å². The van der Waals surface area contributed by atoms with Crippen molar-refractivity contribution in [2.45, 2.75) is 38.3 Å². The third-order valence-corrected chi connectivity index (χ3v) is 4.26. The molecule has 0 radical (unpaired) electrons. The fraction of sp³-hybridized carbons (Fsp3) is 0.615. The molecule has 0 aromatic carbocycles. The minimum absolute atomic E-state index is 0.0814. The molecule has 1 fully saturated rings. The van der Waals surface area contributed by atoms with Crippen LogP contribution in [0, 0.1) is 11.8 Å². The van der Waals surface area contributed by atoms with E-state index in [1.807, 2.05) is 13.8 Å². The molecule has 0 bridgehead atoms. The molecule has 7 heteroatoms. The van der Waals surface area contributed by atoms with Crippen LogP contribution in [0.4, 0.5) is 0 Å². The number of thiazole rings is 1. The minimum atomic E-state index is -1.19. The molecule has 2 heterocycles. The average molecular weight is 298 g/mol. The van der Waals surface area contributed by atoms with Gasteiger partial charge in [0.25, 0.3) is 0 Å². The van der Waals surface area contributed by atoms with Gasteiger partial charge in [-0.3, -0.25) is 14.9 Å². The Morgan fingerprint density at radius 1 is 1.55 bits per heavy atom. The number of hydrogen-bond acceptors (Lipinski definition) is 5. The van der Waals surface area contributed by atoms with E-state index in [0.717, 1.165) is 0 Å². The van der Waals surface area contributed by atoms with Gasteiger partial charge < -0.3 is 10.2 Å². The van der Waals surface area contributed by atoms with Gasteiger partial charge in [0.2, 0.25) is 0 Å². The standard InChI is InChI=1S/C13H18N2O4S/c1-7(2)3-13(12(18)19)4-8(11(16)17)10(15-13)9-5-20-6-14-9/h5-8,10,15H,3-4H2,1-2H3,(H,16,17)(H,18,19)/t8-,10+,13-/m0/s1. The van der Waals surface area contributed by atoms with Crippen LogP contribution >= 0.6 is 11.3 Å². The largest absolute Gasteiger partial charge is 0.481 e. The van der Waals surface area contributed by atoms with E-state index in [1.54, 1.807) is 10.9 Å². The summed E-state index contributed by atoms with van der Waals surface area (Å²) >= 11 is 1.37. The number of aliphatic carboxylic acids is 2. The SMILES string of the molecule is CC(C)C[C@@]1(C(=O)O)C[C@H](C(=O)O)[C@H](c2cscn2)N1. The molecule has 1 aliphatic heterocycles. The summed E-state index contributed by atoms with van der Waals surface area (Å²) in [5.41, 5.74) is 1.04. The van der Waals surface area contributed by atoms with Gasteiger partial charge in [0.15, 0.2) is 0 Å². The fourth-order valence-corrected chi connectivity index (χ4v) is 3.50. The Kier molecular flexibility index (Phi) is 4.10. The molecule has 0 aliphatic carbocycles. The van der Waals surface area contributed by atoms with E-state index in [-0.39, 0.29) is 12.3 Å². The van der Waals surface area contributed by atoms with Crippen LogP contribution in [0.25, 0.3) is 0 Å². The van der Waals surface area contributed by atoms with Gasteiger partial charge in [-0.15, -0.1) is 11.3 Å². The third-order valence-electron chi connectivity index (χ3n) is 3.66. The van der Waals surface area contributed by atoms with Crippen LogP contribution in [0.2, 0.25) is 0 Å². The van der Waals surface area contributed by atoms with E-state index in [2.05, 4.69) is 10.3 Å². The summed E-state index contributed by atoms with van der Waals surface area (Å²) in [7, 11) is 0. The first-order valence-corrected chi connectivity index (χ1v) is 7.42. The summed E-state index contributed by atoms with van der Waals surface area (Å²) < 4.78 is 0. The highest BCUT2D eigenvalue weighted by Crippen LogP contribution is 2.41. The van der Waals surface area contributed by atoms with Crippen LogP contribution in [0.5, 0.6) is 0 Å². The maximum atomic E-state index is 11.7. The monoisotopic (exact) mass is 298 g/mol. The molecule has 110 valence electrons.